The van der Waals surface area contributed by atoms with Crippen LogP contribution in [0.2, 0.25) is 0 Å². The fraction of sp³-hybridized carbons (Fsp3) is 0. The van der Waals surface area contributed by atoms with Crippen LogP contribution in [-0.2, 0) is 0 Å². The van der Waals surface area contributed by atoms with Crippen molar-refractivity contribution >= 4 is 71.6 Å². The SMILES string of the molecule is C=Cn1c2ccccc2c2ccc3c(c4ccccc4n3-c3ccc(-n4c5ccccc5c5ccccc54)cc3)c21. The number of hydrogen-bond acceptors (Lipinski definition) is 0. The topological polar surface area (TPSA) is 14.8 Å². The molecule has 192 valence electrons. The van der Waals surface area contributed by atoms with Gasteiger partial charge in [0.25, 0.3) is 0 Å². The van der Waals surface area contributed by atoms with Crippen molar-refractivity contribution in [3.63, 3.8) is 0 Å². The summed E-state index contributed by atoms with van der Waals surface area (Å²) in [4.78, 5) is 0. The van der Waals surface area contributed by atoms with Crippen LogP contribution in [0.3, 0.4) is 0 Å². The van der Waals surface area contributed by atoms with Crippen LogP contribution >= 0.6 is 0 Å². The summed E-state index contributed by atoms with van der Waals surface area (Å²) in [6, 6.07) is 48.2. The Morgan fingerprint density at radius 3 is 1.39 bits per heavy atom. The van der Waals surface area contributed by atoms with Crippen molar-refractivity contribution in [1.29, 1.82) is 0 Å². The molecule has 0 saturated heterocycles. The van der Waals surface area contributed by atoms with Crippen LogP contribution in [0.5, 0.6) is 0 Å². The van der Waals surface area contributed by atoms with Crippen LogP contribution in [0.15, 0.2) is 140 Å². The highest BCUT2D eigenvalue weighted by Crippen LogP contribution is 2.41. The molecule has 3 nitrogen and oxygen atoms in total. The summed E-state index contributed by atoms with van der Waals surface area (Å²) >= 11 is 0. The van der Waals surface area contributed by atoms with Gasteiger partial charge >= 0.3 is 0 Å². The minimum Gasteiger partial charge on any atom is -0.316 e. The van der Waals surface area contributed by atoms with E-state index in [-0.39, 0.29) is 0 Å². The molecule has 9 aromatic rings. The number of nitrogens with zero attached hydrogens (tertiary/aromatic N) is 3. The van der Waals surface area contributed by atoms with Gasteiger partial charge in [0, 0.05) is 49.9 Å². The molecule has 0 radical (unpaired) electrons. The van der Waals surface area contributed by atoms with Gasteiger partial charge in [-0.3, -0.25) is 0 Å². The first-order valence-electron chi connectivity index (χ1n) is 14.0. The molecule has 0 spiro atoms. The molecule has 41 heavy (non-hydrogen) atoms. The van der Waals surface area contributed by atoms with Crippen molar-refractivity contribution in [1.82, 2.24) is 13.7 Å². The summed E-state index contributed by atoms with van der Waals surface area (Å²) in [7, 11) is 0. The van der Waals surface area contributed by atoms with E-state index in [1.165, 1.54) is 65.4 Å². The van der Waals surface area contributed by atoms with Gasteiger partial charge in [-0.05, 0) is 54.6 Å². The minimum absolute atomic E-state index is 1.14. The molecule has 0 amide bonds. The number of aromatic nitrogens is 3. The van der Waals surface area contributed by atoms with Crippen molar-refractivity contribution in [2.75, 3.05) is 0 Å². The fourth-order valence-corrected chi connectivity index (χ4v) is 6.96. The third-order valence-electron chi connectivity index (χ3n) is 8.63. The Bertz CT molecular complexity index is 2430. The van der Waals surface area contributed by atoms with Crippen LogP contribution < -0.4 is 0 Å². The monoisotopic (exact) mass is 523 g/mol. The van der Waals surface area contributed by atoms with Gasteiger partial charge in [-0.25, -0.2) is 0 Å². The molecule has 6 aromatic carbocycles. The van der Waals surface area contributed by atoms with Crippen LogP contribution in [0.1, 0.15) is 0 Å². The molecule has 9 rings (SSSR count). The van der Waals surface area contributed by atoms with Gasteiger partial charge in [-0.2, -0.15) is 0 Å². The summed E-state index contributed by atoms with van der Waals surface area (Å²) in [5.41, 5.74) is 9.50. The smallest absolute Gasteiger partial charge is 0.0635 e. The molecule has 0 aliphatic carbocycles. The molecular weight excluding hydrogens is 498 g/mol. The zero-order valence-electron chi connectivity index (χ0n) is 22.3. The Labute approximate surface area is 236 Å². The number of fused-ring (bicyclic) bond motifs is 10. The second-order valence-corrected chi connectivity index (χ2v) is 10.7. The lowest BCUT2D eigenvalue weighted by Gasteiger charge is -2.12. The van der Waals surface area contributed by atoms with Crippen LogP contribution in [0.4, 0.5) is 0 Å². The van der Waals surface area contributed by atoms with Gasteiger partial charge in [-0.15, -0.1) is 0 Å². The highest BCUT2D eigenvalue weighted by molar-refractivity contribution is 6.26. The normalized spacial score (nSPS) is 12.0. The summed E-state index contributed by atoms with van der Waals surface area (Å²) in [6.07, 6.45) is 1.94. The third-order valence-corrected chi connectivity index (χ3v) is 8.63. The second kappa shape index (κ2) is 8.23. The average molecular weight is 524 g/mol. The van der Waals surface area contributed by atoms with E-state index < -0.39 is 0 Å². The van der Waals surface area contributed by atoms with Crippen molar-refractivity contribution < 1.29 is 0 Å². The standard InChI is InChI=1S/C38H25N3/c1-2-39-32-15-7-3-13-29(32)30-23-24-36-37(38(30)39)31-14-6-10-18-35(31)41(36)26-21-19-25(20-22-26)40-33-16-8-4-11-27(33)28-12-5-9-17-34(28)40/h2-24H,1H2. The average Bonchev–Trinajstić information content (AvgIpc) is 3.67. The maximum absolute atomic E-state index is 4.19. The maximum Gasteiger partial charge on any atom is 0.0635 e. The first-order chi connectivity index (χ1) is 20.3. The quantitative estimate of drug-likeness (QED) is 0.219. The highest BCUT2D eigenvalue weighted by atomic mass is 15.0. The molecule has 3 heteroatoms. The number of para-hydroxylation sites is 4. The maximum atomic E-state index is 4.19. The Morgan fingerprint density at radius 2 is 0.829 bits per heavy atom. The first kappa shape index (κ1) is 22.3. The van der Waals surface area contributed by atoms with Crippen molar-refractivity contribution in [3.05, 3.63) is 140 Å². The molecule has 0 aliphatic heterocycles. The van der Waals surface area contributed by atoms with Crippen molar-refractivity contribution in [2.45, 2.75) is 0 Å². The fourth-order valence-electron chi connectivity index (χ4n) is 6.96. The Morgan fingerprint density at radius 1 is 0.390 bits per heavy atom. The molecule has 0 fully saturated rings. The molecule has 0 atom stereocenters. The van der Waals surface area contributed by atoms with E-state index in [1.807, 2.05) is 6.20 Å². The van der Waals surface area contributed by atoms with E-state index in [4.69, 9.17) is 0 Å². The predicted molar refractivity (Wildman–Crippen MR) is 175 cm³/mol. The summed E-state index contributed by atoms with van der Waals surface area (Å²) in [6.45, 7) is 4.19. The highest BCUT2D eigenvalue weighted by Gasteiger charge is 2.19. The lowest BCUT2D eigenvalue weighted by molar-refractivity contribution is 1.14. The van der Waals surface area contributed by atoms with Crippen LogP contribution in [0.25, 0.3) is 83.0 Å². The minimum atomic E-state index is 1.14. The largest absolute Gasteiger partial charge is 0.316 e. The van der Waals surface area contributed by atoms with Gasteiger partial charge < -0.3 is 13.7 Å². The molecule has 0 bridgehead atoms. The molecular formula is C38H25N3. The van der Waals surface area contributed by atoms with E-state index in [2.05, 4.69) is 154 Å². The lowest BCUT2D eigenvalue weighted by atomic mass is 10.1. The Balaban J connectivity index is 1.32. The van der Waals surface area contributed by atoms with E-state index in [0.717, 1.165) is 11.4 Å². The second-order valence-electron chi connectivity index (χ2n) is 10.7. The predicted octanol–water partition coefficient (Wildman–Crippen LogP) is 10.1. The molecule has 0 unspecified atom stereocenters. The van der Waals surface area contributed by atoms with E-state index in [0.29, 0.717) is 0 Å². The molecule has 0 N–H and O–H groups in total. The van der Waals surface area contributed by atoms with Crippen molar-refractivity contribution in [3.8, 4) is 11.4 Å². The lowest BCUT2D eigenvalue weighted by Crippen LogP contribution is -1.97. The van der Waals surface area contributed by atoms with Crippen LogP contribution in [-0.4, -0.2) is 13.7 Å². The molecule has 0 saturated carbocycles. The Hall–Kier alpha value is -5.54. The molecule has 0 aliphatic rings. The van der Waals surface area contributed by atoms with Gasteiger partial charge in [0.2, 0.25) is 0 Å². The number of rotatable bonds is 3. The summed E-state index contributed by atoms with van der Waals surface area (Å²) < 4.78 is 7.01. The van der Waals surface area contributed by atoms with Gasteiger partial charge in [0.1, 0.15) is 0 Å². The Kier molecular flexibility index (Phi) is 4.48. The first-order valence-corrected chi connectivity index (χ1v) is 14.0. The van der Waals surface area contributed by atoms with E-state index in [9.17, 15) is 0 Å². The third kappa shape index (κ3) is 2.92. The van der Waals surface area contributed by atoms with Crippen molar-refractivity contribution in [2.24, 2.45) is 0 Å². The van der Waals surface area contributed by atoms with Gasteiger partial charge in [0.05, 0.1) is 33.1 Å². The molecule has 3 aromatic heterocycles. The molecule has 3 heterocycles. The zero-order chi connectivity index (χ0) is 27.1. The van der Waals surface area contributed by atoms with E-state index >= 15 is 0 Å². The summed E-state index contributed by atoms with van der Waals surface area (Å²) in [5.74, 6) is 0. The van der Waals surface area contributed by atoms with Gasteiger partial charge in [-0.1, -0.05) is 85.4 Å². The van der Waals surface area contributed by atoms with Crippen LogP contribution in [0, 0.1) is 0 Å². The van der Waals surface area contributed by atoms with E-state index in [1.54, 1.807) is 0 Å². The van der Waals surface area contributed by atoms with Gasteiger partial charge in [0.15, 0.2) is 0 Å². The number of hydrogen-bond donors (Lipinski definition) is 0. The zero-order valence-corrected chi connectivity index (χ0v) is 22.3. The summed E-state index contributed by atoms with van der Waals surface area (Å²) in [5, 5.41) is 7.54. The number of benzene rings is 6.